The van der Waals surface area contributed by atoms with E-state index in [-0.39, 0.29) is 0 Å². The van der Waals surface area contributed by atoms with Crippen LogP contribution in [0.2, 0.25) is 4.34 Å². The number of fused-ring (bicyclic) bond motifs is 2. The van der Waals surface area contributed by atoms with E-state index in [1.165, 1.54) is 30.6 Å². The van der Waals surface area contributed by atoms with E-state index >= 15 is 0 Å². The second kappa shape index (κ2) is 5.72. The molecule has 3 unspecified atom stereocenters. The van der Waals surface area contributed by atoms with Gasteiger partial charge in [-0.05, 0) is 57.3 Å². The molecule has 106 valence electrons. The summed E-state index contributed by atoms with van der Waals surface area (Å²) in [4.78, 5) is 4.03. The highest BCUT2D eigenvalue weighted by molar-refractivity contribution is 7.16. The van der Waals surface area contributed by atoms with Crippen molar-refractivity contribution in [2.75, 3.05) is 13.6 Å². The molecule has 2 bridgehead atoms. The van der Waals surface area contributed by atoms with Crippen LogP contribution in [-0.4, -0.2) is 30.6 Å². The molecule has 2 fully saturated rings. The molecule has 0 spiro atoms. The minimum Gasteiger partial charge on any atom is -0.309 e. The summed E-state index contributed by atoms with van der Waals surface area (Å²) in [5.41, 5.74) is 0. The van der Waals surface area contributed by atoms with Gasteiger partial charge in [-0.1, -0.05) is 18.5 Å². The van der Waals surface area contributed by atoms with Gasteiger partial charge in [-0.3, -0.25) is 0 Å². The molecule has 2 aliphatic rings. The van der Waals surface area contributed by atoms with Crippen LogP contribution in [0.25, 0.3) is 0 Å². The lowest BCUT2D eigenvalue weighted by Gasteiger charge is -2.39. The van der Waals surface area contributed by atoms with Gasteiger partial charge < -0.3 is 10.2 Å². The highest BCUT2D eigenvalue weighted by atomic mass is 35.5. The molecule has 0 radical (unpaired) electrons. The van der Waals surface area contributed by atoms with Crippen LogP contribution in [0, 0.1) is 5.92 Å². The molecule has 0 saturated carbocycles. The average molecular weight is 299 g/mol. The van der Waals surface area contributed by atoms with E-state index in [4.69, 9.17) is 11.6 Å². The van der Waals surface area contributed by atoms with Crippen LogP contribution in [0.3, 0.4) is 0 Å². The predicted molar refractivity (Wildman–Crippen MR) is 83.0 cm³/mol. The zero-order chi connectivity index (χ0) is 13.4. The normalized spacial score (nSPS) is 32.7. The number of halogens is 1. The van der Waals surface area contributed by atoms with Crippen molar-refractivity contribution in [2.45, 2.75) is 50.7 Å². The van der Waals surface area contributed by atoms with Crippen molar-refractivity contribution in [2.24, 2.45) is 5.92 Å². The fourth-order valence-electron chi connectivity index (χ4n) is 3.94. The Bertz CT molecular complexity index is 420. The Balaban J connectivity index is 1.78. The average Bonchev–Trinajstić information content (AvgIpc) is 2.87. The van der Waals surface area contributed by atoms with Crippen LogP contribution in [0.15, 0.2) is 12.1 Å². The number of hydrogen-bond acceptors (Lipinski definition) is 3. The van der Waals surface area contributed by atoms with Crippen molar-refractivity contribution in [1.29, 1.82) is 0 Å². The number of rotatable bonds is 4. The number of nitrogens with zero attached hydrogens (tertiary/aromatic N) is 1. The second-order valence-electron chi connectivity index (χ2n) is 5.96. The van der Waals surface area contributed by atoms with Crippen LogP contribution < -0.4 is 5.32 Å². The van der Waals surface area contributed by atoms with Gasteiger partial charge in [0.15, 0.2) is 0 Å². The van der Waals surface area contributed by atoms with Crippen molar-refractivity contribution < 1.29 is 0 Å². The van der Waals surface area contributed by atoms with E-state index in [2.05, 4.69) is 30.3 Å². The smallest absolute Gasteiger partial charge is 0.0931 e. The van der Waals surface area contributed by atoms with Gasteiger partial charge in [-0.25, -0.2) is 0 Å². The third-order valence-electron chi connectivity index (χ3n) is 4.93. The van der Waals surface area contributed by atoms with E-state index in [0.29, 0.717) is 6.04 Å². The molecule has 4 heteroatoms. The first-order valence-electron chi connectivity index (χ1n) is 7.39. The Hall–Kier alpha value is -0.0900. The third kappa shape index (κ3) is 2.71. The molecule has 1 aromatic rings. The van der Waals surface area contributed by atoms with E-state index < -0.39 is 0 Å². The maximum Gasteiger partial charge on any atom is 0.0931 e. The summed E-state index contributed by atoms with van der Waals surface area (Å²) in [5, 5.41) is 3.70. The first-order chi connectivity index (χ1) is 9.19. The van der Waals surface area contributed by atoms with Gasteiger partial charge in [0.2, 0.25) is 0 Å². The highest BCUT2D eigenvalue weighted by Crippen LogP contribution is 2.43. The summed E-state index contributed by atoms with van der Waals surface area (Å²) in [6.45, 7) is 3.23. The topological polar surface area (TPSA) is 15.3 Å². The molecular weight excluding hydrogens is 276 g/mol. The summed E-state index contributed by atoms with van der Waals surface area (Å²) < 4.78 is 0.911. The van der Waals surface area contributed by atoms with Gasteiger partial charge >= 0.3 is 0 Å². The van der Waals surface area contributed by atoms with Gasteiger partial charge in [0.05, 0.1) is 4.34 Å². The van der Waals surface area contributed by atoms with Crippen molar-refractivity contribution in [1.82, 2.24) is 10.2 Å². The molecule has 2 nitrogen and oxygen atoms in total. The Morgan fingerprint density at radius 3 is 2.58 bits per heavy atom. The lowest BCUT2D eigenvalue weighted by atomic mass is 9.84. The molecule has 1 N–H and O–H groups in total. The van der Waals surface area contributed by atoms with E-state index in [1.54, 1.807) is 11.3 Å². The monoisotopic (exact) mass is 298 g/mol. The zero-order valence-corrected chi connectivity index (χ0v) is 13.3. The summed E-state index contributed by atoms with van der Waals surface area (Å²) in [6.07, 6.45) is 5.45. The van der Waals surface area contributed by atoms with E-state index in [9.17, 15) is 0 Å². The minimum atomic E-state index is 0.499. The Morgan fingerprint density at radius 2 is 2.05 bits per heavy atom. The number of thiophene rings is 1. The predicted octanol–water partition coefficient (Wildman–Crippen LogP) is 3.92. The first-order valence-corrected chi connectivity index (χ1v) is 8.59. The van der Waals surface area contributed by atoms with Crippen molar-refractivity contribution in [3.8, 4) is 0 Å². The fraction of sp³-hybridized carbons (Fsp3) is 0.733. The number of nitrogens with one attached hydrogen (secondary N) is 1. The largest absolute Gasteiger partial charge is 0.309 e. The Labute approximate surface area is 125 Å². The van der Waals surface area contributed by atoms with Crippen LogP contribution in [-0.2, 0) is 0 Å². The lowest BCUT2D eigenvalue weighted by molar-refractivity contribution is 0.113. The summed E-state index contributed by atoms with van der Waals surface area (Å²) in [5.74, 6) is 0.767. The van der Waals surface area contributed by atoms with Crippen molar-refractivity contribution >= 4 is 22.9 Å². The summed E-state index contributed by atoms with van der Waals surface area (Å²) in [7, 11) is 2.31. The van der Waals surface area contributed by atoms with Gasteiger partial charge in [-0.2, -0.15) is 0 Å². The number of piperidine rings is 1. The van der Waals surface area contributed by atoms with Crippen LogP contribution in [0.1, 0.15) is 43.5 Å². The number of hydrogen-bond donors (Lipinski definition) is 1. The lowest BCUT2D eigenvalue weighted by Crippen LogP contribution is -2.43. The fourth-order valence-corrected chi connectivity index (χ4v) is 5.17. The van der Waals surface area contributed by atoms with Gasteiger partial charge in [0.1, 0.15) is 0 Å². The van der Waals surface area contributed by atoms with E-state index in [0.717, 1.165) is 28.9 Å². The maximum atomic E-state index is 6.12. The van der Waals surface area contributed by atoms with Gasteiger partial charge in [0.25, 0.3) is 0 Å². The van der Waals surface area contributed by atoms with Crippen LogP contribution >= 0.6 is 22.9 Å². The molecule has 0 amide bonds. The summed E-state index contributed by atoms with van der Waals surface area (Å²) >= 11 is 7.86. The minimum absolute atomic E-state index is 0.499. The molecule has 1 aromatic heterocycles. The van der Waals surface area contributed by atoms with E-state index in [1.807, 2.05) is 6.07 Å². The first kappa shape index (κ1) is 13.9. The zero-order valence-electron chi connectivity index (χ0n) is 11.7. The molecule has 3 atom stereocenters. The quantitative estimate of drug-likeness (QED) is 0.906. The molecule has 2 saturated heterocycles. The standard InChI is InChI=1S/C15H23ClN2S/c1-3-17-15(13-6-7-14(16)19-13)10-8-11-4-5-12(9-10)18(11)2/h6-7,10-12,15,17H,3-5,8-9H2,1-2H3. The Morgan fingerprint density at radius 1 is 1.37 bits per heavy atom. The second-order valence-corrected chi connectivity index (χ2v) is 7.71. The third-order valence-corrected chi connectivity index (χ3v) is 6.24. The van der Waals surface area contributed by atoms with Crippen molar-refractivity contribution in [3.05, 3.63) is 21.3 Å². The van der Waals surface area contributed by atoms with Crippen LogP contribution in [0.4, 0.5) is 0 Å². The molecular formula is C15H23ClN2S. The van der Waals surface area contributed by atoms with Crippen LogP contribution in [0.5, 0.6) is 0 Å². The molecule has 0 aromatic carbocycles. The molecule has 0 aliphatic carbocycles. The van der Waals surface area contributed by atoms with Gasteiger partial charge in [0, 0.05) is 23.0 Å². The Kier molecular flexibility index (Phi) is 4.18. The molecule has 19 heavy (non-hydrogen) atoms. The van der Waals surface area contributed by atoms with Gasteiger partial charge in [-0.15, -0.1) is 11.3 Å². The molecule has 3 rings (SSSR count). The maximum absolute atomic E-state index is 6.12. The molecule has 2 aliphatic heterocycles. The highest BCUT2D eigenvalue weighted by Gasteiger charge is 2.41. The van der Waals surface area contributed by atoms with Crippen molar-refractivity contribution in [3.63, 3.8) is 0 Å². The summed E-state index contributed by atoms with van der Waals surface area (Å²) in [6, 6.07) is 6.36. The SMILES string of the molecule is CCNC(c1ccc(Cl)s1)C1CC2CCC(C1)N2C. The molecule has 3 heterocycles.